The fraction of sp³-hybridized carbons (Fsp3) is 0.500. The smallest absolute Gasteiger partial charge is 0.317 e. The molecule has 7 nitrogen and oxygen atoms in total. The summed E-state index contributed by atoms with van der Waals surface area (Å²) in [5.74, 6) is -0.182. The Morgan fingerprint density at radius 3 is 2.82 bits per heavy atom. The van der Waals surface area contributed by atoms with Crippen molar-refractivity contribution in [1.82, 2.24) is 19.8 Å². The first kappa shape index (κ1) is 13.0. The molecule has 0 atom stereocenters. The number of nitrogens with one attached hydrogen (secondary N) is 1. The van der Waals surface area contributed by atoms with E-state index >= 15 is 0 Å². The zero-order chi connectivity index (χ0) is 12.8. The highest BCUT2D eigenvalue weighted by Gasteiger charge is 2.10. The van der Waals surface area contributed by atoms with Crippen LogP contribution in [0.25, 0.3) is 0 Å². The van der Waals surface area contributed by atoms with E-state index in [4.69, 9.17) is 5.11 Å². The molecule has 7 heteroatoms. The fourth-order valence-corrected chi connectivity index (χ4v) is 1.22. The average molecular weight is 240 g/mol. The van der Waals surface area contributed by atoms with Gasteiger partial charge in [-0.2, -0.15) is 0 Å². The minimum Gasteiger partial charge on any atom is -0.481 e. The van der Waals surface area contributed by atoms with Crippen molar-refractivity contribution in [3.8, 4) is 0 Å². The highest BCUT2D eigenvalue weighted by Crippen LogP contribution is 1.94. The van der Waals surface area contributed by atoms with Crippen LogP contribution in [0.3, 0.4) is 0 Å². The van der Waals surface area contributed by atoms with Crippen molar-refractivity contribution in [3.05, 3.63) is 18.2 Å². The van der Waals surface area contributed by atoms with Gasteiger partial charge in [0.2, 0.25) is 0 Å². The van der Waals surface area contributed by atoms with Gasteiger partial charge in [-0.25, -0.2) is 9.78 Å². The lowest BCUT2D eigenvalue weighted by Crippen LogP contribution is -2.38. The lowest BCUT2D eigenvalue weighted by molar-refractivity contribution is -0.137. The van der Waals surface area contributed by atoms with Crippen molar-refractivity contribution in [2.45, 2.75) is 13.0 Å². The molecular weight excluding hydrogens is 224 g/mol. The zero-order valence-electron chi connectivity index (χ0n) is 9.88. The molecule has 0 aliphatic heterocycles. The summed E-state index contributed by atoms with van der Waals surface area (Å²) in [7, 11) is 3.39. The number of urea groups is 1. The molecular formula is C10H16N4O3. The summed E-state index contributed by atoms with van der Waals surface area (Å²) in [6.45, 7) is 0.501. The van der Waals surface area contributed by atoms with E-state index in [-0.39, 0.29) is 19.0 Å². The third kappa shape index (κ3) is 4.13. The summed E-state index contributed by atoms with van der Waals surface area (Å²) >= 11 is 0. The van der Waals surface area contributed by atoms with Crippen LogP contribution in [0.2, 0.25) is 0 Å². The molecule has 0 radical (unpaired) electrons. The summed E-state index contributed by atoms with van der Waals surface area (Å²) in [4.78, 5) is 27.3. The number of carboxylic acids is 1. The van der Waals surface area contributed by atoms with Crippen molar-refractivity contribution < 1.29 is 14.7 Å². The van der Waals surface area contributed by atoms with Gasteiger partial charge in [0.15, 0.2) is 0 Å². The Balaban J connectivity index is 2.34. The first-order valence-corrected chi connectivity index (χ1v) is 5.17. The molecule has 0 unspecified atom stereocenters. The Labute approximate surface area is 99.1 Å². The van der Waals surface area contributed by atoms with Crippen LogP contribution in [-0.4, -0.2) is 45.2 Å². The molecule has 0 aromatic carbocycles. The topological polar surface area (TPSA) is 87.5 Å². The molecule has 0 saturated carbocycles. The quantitative estimate of drug-likeness (QED) is 0.760. The molecule has 1 aromatic rings. The van der Waals surface area contributed by atoms with Gasteiger partial charge < -0.3 is 19.9 Å². The number of nitrogens with zero attached hydrogens (tertiary/aromatic N) is 3. The summed E-state index contributed by atoms with van der Waals surface area (Å²) < 4.78 is 1.80. The molecule has 1 aromatic heterocycles. The van der Waals surface area contributed by atoms with Gasteiger partial charge in [-0.05, 0) is 0 Å². The maximum absolute atomic E-state index is 11.5. The predicted molar refractivity (Wildman–Crippen MR) is 60.3 cm³/mol. The largest absolute Gasteiger partial charge is 0.481 e. The number of imidazole rings is 1. The number of amides is 2. The molecule has 94 valence electrons. The van der Waals surface area contributed by atoms with Crippen LogP contribution in [0.4, 0.5) is 4.79 Å². The van der Waals surface area contributed by atoms with Crippen LogP contribution in [0.15, 0.2) is 12.4 Å². The van der Waals surface area contributed by atoms with Gasteiger partial charge in [0, 0.05) is 33.0 Å². The monoisotopic (exact) mass is 240 g/mol. The molecule has 0 fully saturated rings. The Hall–Kier alpha value is -2.05. The van der Waals surface area contributed by atoms with Crippen LogP contribution < -0.4 is 5.32 Å². The molecule has 1 heterocycles. The predicted octanol–water partition coefficient (Wildman–Crippen LogP) is 0.0362. The minimum absolute atomic E-state index is 0.0632. The van der Waals surface area contributed by atoms with Crippen molar-refractivity contribution in [2.24, 2.45) is 7.05 Å². The third-order valence-corrected chi connectivity index (χ3v) is 2.33. The average Bonchev–Trinajstić information content (AvgIpc) is 2.68. The standard InChI is InChI=1S/C10H16N4O3/c1-13-6-4-11-8(13)7-12-10(17)14(2)5-3-9(15)16/h4,6H,3,5,7H2,1-2H3,(H,12,17)(H,15,16). The zero-order valence-corrected chi connectivity index (χ0v) is 9.88. The summed E-state index contributed by atoms with van der Waals surface area (Å²) in [5.41, 5.74) is 0. The van der Waals surface area contributed by atoms with Crippen LogP contribution in [0.5, 0.6) is 0 Å². The maximum Gasteiger partial charge on any atom is 0.317 e. The van der Waals surface area contributed by atoms with E-state index in [0.717, 1.165) is 5.82 Å². The number of hydrogen-bond donors (Lipinski definition) is 2. The van der Waals surface area contributed by atoms with E-state index in [9.17, 15) is 9.59 Å². The van der Waals surface area contributed by atoms with Crippen LogP contribution in [0, 0.1) is 0 Å². The second-order valence-electron chi connectivity index (χ2n) is 3.68. The summed E-state index contributed by atoms with van der Waals surface area (Å²) in [6, 6.07) is -0.311. The van der Waals surface area contributed by atoms with E-state index in [1.807, 2.05) is 7.05 Å². The number of rotatable bonds is 5. The second-order valence-corrected chi connectivity index (χ2v) is 3.68. The maximum atomic E-state index is 11.5. The number of aromatic nitrogens is 2. The minimum atomic E-state index is -0.922. The Bertz CT molecular complexity index is 402. The van der Waals surface area contributed by atoms with Gasteiger partial charge >= 0.3 is 12.0 Å². The van der Waals surface area contributed by atoms with E-state index < -0.39 is 5.97 Å². The Morgan fingerprint density at radius 1 is 1.59 bits per heavy atom. The SMILES string of the molecule is CN(CCC(=O)O)C(=O)NCc1nccn1C. The van der Waals surface area contributed by atoms with E-state index in [0.29, 0.717) is 6.54 Å². The lowest BCUT2D eigenvalue weighted by Gasteiger charge is -2.16. The molecule has 0 spiro atoms. The van der Waals surface area contributed by atoms with E-state index in [1.165, 1.54) is 4.90 Å². The number of carbonyl (C=O) groups excluding carboxylic acids is 1. The molecule has 2 amide bonds. The number of aliphatic carboxylic acids is 1. The van der Waals surface area contributed by atoms with Crippen LogP contribution in [-0.2, 0) is 18.4 Å². The van der Waals surface area contributed by atoms with Crippen LogP contribution in [0.1, 0.15) is 12.2 Å². The van der Waals surface area contributed by atoms with Gasteiger partial charge in [0.25, 0.3) is 0 Å². The normalized spacial score (nSPS) is 10.0. The molecule has 17 heavy (non-hydrogen) atoms. The summed E-state index contributed by atoms with van der Waals surface area (Å²) in [6.07, 6.45) is 3.37. The molecule has 0 aliphatic carbocycles. The van der Waals surface area contributed by atoms with E-state index in [1.54, 1.807) is 24.0 Å². The van der Waals surface area contributed by atoms with Gasteiger partial charge in [0.05, 0.1) is 13.0 Å². The third-order valence-electron chi connectivity index (χ3n) is 2.33. The highest BCUT2D eigenvalue weighted by atomic mass is 16.4. The van der Waals surface area contributed by atoms with Gasteiger partial charge in [0.1, 0.15) is 5.82 Å². The van der Waals surface area contributed by atoms with Crippen molar-refractivity contribution >= 4 is 12.0 Å². The second kappa shape index (κ2) is 5.88. The molecule has 1 rings (SSSR count). The lowest BCUT2D eigenvalue weighted by atomic mass is 10.4. The number of carboxylic acid groups (broad SMARTS) is 1. The fourth-order valence-electron chi connectivity index (χ4n) is 1.22. The Morgan fingerprint density at radius 2 is 2.29 bits per heavy atom. The van der Waals surface area contributed by atoms with Crippen molar-refractivity contribution in [1.29, 1.82) is 0 Å². The number of carbonyl (C=O) groups is 2. The summed E-state index contributed by atoms with van der Waals surface area (Å²) in [5, 5.41) is 11.1. The molecule has 0 bridgehead atoms. The number of aryl methyl sites for hydroxylation is 1. The first-order valence-electron chi connectivity index (χ1n) is 5.17. The van der Waals surface area contributed by atoms with Crippen molar-refractivity contribution in [3.63, 3.8) is 0 Å². The highest BCUT2D eigenvalue weighted by molar-refractivity contribution is 5.74. The van der Waals surface area contributed by atoms with E-state index in [2.05, 4.69) is 10.3 Å². The molecule has 2 N–H and O–H groups in total. The number of hydrogen-bond acceptors (Lipinski definition) is 3. The molecule has 0 aliphatic rings. The van der Waals surface area contributed by atoms with Crippen LogP contribution >= 0.6 is 0 Å². The first-order chi connectivity index (χ1) is 8.00. The molecule has 0 saturated heterocycles. The Kier molecular flexibility index (Phi) is 4.50. The van der Waals surface area contributed by atoms with Gasteiger partial charge in [-0.1, -0.05) is 0 Å². The van der Waals surface area contributed by atoms with Crippen molar-refractivity contribution in [2.75, 3.05) is 13.6 Å². The van der Waals surface area contributed by atoms with Gasteiger partial charge in [-0.3, -0.25) is 4.79 Å². The van der Waals surface area contributed by atoms with Gasteiger partial charge in [-0.15, -0.1) is 0 Å².